The molecule has 0 spiro atoms. The summed E-state index contributed by atoms with van der Waals surface area (Å²) in [5.74, 6) is -0.270. The van der Waals surface area contributed by atoms with Gasteiger partial charge in [-0.15, -0.1) is 11.8 Å². The molecule has 4 rings (SSSR count). The van der Waals surface area contributed by atoms with E-state index < -0.39 is 17.2 Å². The maximum atomic E-state index is 14.3. The Morgan fingerprint density at radius 1 is 1.22 bits per heavy atom. The molecule has 6 nitrogen and oxygen atoms in total. The Morgan fingerprint density at radius 3 is 2.72 bits per heavy atom. The lowest BCUT2D eigenvalue weighted by Gasteiger charge is -2.26. The first-order chi connectivity index (χ1) is 15.5. The van der Waals surface area contributed by atoms with Gasteiger partial charge in [-0.05, 0) is 29.8 Å². The largest absolute Gasteiger partial charge is 0.379 e. The average molecular weight is 476 g/mol. The second kappa shape index (κ2) is 10.5. The van der Waals surface area contributed by atoms with Crippen LogP contribution in [0, 0.1) is 5.82 Å². The average Bonchev–Trinajstić information content (AvgIpc) is 2.80. The lowest BCUT2D eigenvalue weighted by molar-refractivity contribution is 0.0410. The molecule has 1 saturated heterocycles. The van der Waals surface area contributed by atoms with Crippen molar-refractivity contribution in [2.75, 3.05) is 38.6 Å². The van der Waals surface area contributed by atoms with Gasteiger partial charge in [0, 0.05) is 48.0 Å². The molecule has 1 amide bonds. The van der Waals surface area contributed by atoms with Crippen LogP contribution in [0.15, 0.2) is 52.3 Å². The number of carbonyl (C=O) groups is 1. The molecular weight excluding hydrogens is 453 g/mol. The van der Waals surface area contributed by atoms with Gasteiger partial charge in [0.2, 0.25) is 5.43 Å². The van der Waals surface area contributed by atoms with Crippen molar-refractivity contribution in [1.29, 1.82) is 0 Å². The first-order valence-electron chi connectivity index (χ1n) is 10.3. The Hall–Kier alpha value is -2.39. The molecule has 2 heterocycles. The summed E-state index contributed by atoms with van der Waals surface area (Å²) in [6, 6.07) is 9.64. The van der Waals surface area contributed by atoms with Crippen molar-refractivity contribution < 1.29 is 13.9 Å². The molecule has 1 aliphatic rings. The second-order valence-electron chi connectivity index (χ2n) is 7.47. The van der Waals surface area contributed by atoms with Gasteiger partial charge in [-0.3, -0.25) is 14.5 Å². The van der Waals surface area contributed by atoms with Gasteiger partial charge in [-0.25, -0.2) is 4.39 Å². The Balaban J connectivity index is 1.49. The van der Waals surface area contributed by atoms with Crippen molar-refractivity contribution >= 4 is 40.2 Å². The van der Waals surface area contributed by atoms with Gasteiger partial charge >= 0.3 is 0 Å². The van der Waals surface area contributed by atoms with Crippen molar-refractivity contribution in [1.82, 2.24) is 15.2 Å². The molecule has 3 aromatic rings. The molecule has 0 unspecified atom stereocenters. The van der Waals surface area contributed by atoms with Crippen LogP contribution >= 0.6 is 23.4 Å². The van der Waals surface area contributed by atoms with Crippen molar-refractivity contribution in [2.24, 2.45) is 0 Å². The summed E-state index contributed by atoms with van der Waals surface area (Å²) in [5, 5.41) is 3.49. The molecule has 0 aliphatic carbocycles. The normalized spacial score (nSPS) is 14.6. The van der Waals surface area contributed by atoms with E-state index in [1.54, 1.807) is 24.3 Å². The van der Waals surface area contributed by atoms with Crippen molar-refractivity contribution in [3.63, 3.8) is 0 Å². The van der Waals surface area contributed by atoms with Crippen LogP contribution in [0.3, 0.4) is 0 Å². The summed E-state index contributed by atoms with van der Waals surface area (Å²) in [6.07, 6.45) is 1.39. The van der Waals surface area contributed by atoms with Crippen LogP contribution in [-0.2, 0) is 11.3 Å². The number of ether oxygens (including phenoxy) is 1. The number of amides is 1. The molecule has 2 N–H and O–H groups in total. The Labute approximate surface area is 194 Å². The topological polar surface area (TPSA) is 74.4 Å². The fraction of sp³-hybridized carbons (Fsp3) is 0.304. The smallest absolute Gasteiger partial charge is 0.257 e. The SMILES string of the molecule is O=C(NCc1ccc(Cl)cc1)c1c[nH]c2c(SCCN3CCOCC3)cc(F)cc2c1=O. The number of hydrogen-bond donors (Lipinski definition) is 2. The van der Waals surface area contributed by atoms with Gasteiger partial charge in [-0.1, -0.05) is 23.7 Å². The number of halogens is 2. The highest BCUT2D eigenvalue weighted by Gasteiger charge is 2.16. The van der Waals surface area contributed by atoms with Crippen molar-refractivity contribution in [3.05, 3.63) is 74.8 Å². The van der Waals surface area contributed by atoms with E-state index in [-0.39, 0.29) is 17.5 Å². The summed E-state index contributed by atoms with van der Waals surface area (Å²) < 4.78 is 19.6. The molecule has 9 heteroatoms. The first kappa shape index (κ1) is 22.8. The van der Waals surface area contributed by atoms with E-state index in [0.29, 0.717) is 15.4 Å². The Bertz CT molecular complexity index is 1160. The van der Waals surface area contributed by atoms with E-state index in [1.807, 2.05) is 0 Å². The third-order valence-electron chi connectivity index (χ3n) is 5.30. The molecule has 0 radical (unpaired) electrons. The van der Waals surface area contributed by atoms with Crippen LogP contribution < -0.4 is 10.7 Å². The van der Waals surface area contributed by atoms with Crippen molar-refractivity contribution in [3.8, 4) is 0 Å². The number of benzene rings is 2. The Kier molecular flexibility index (Phi) is 7.47. The molecule has 0 bridgehead atoms. The monoisotopic (exact) mass is 475 g/mol. The fourth-order valence-corrected chi connectivity index (χ4v) is 4.74. The highest BCUT2D eigenvalue weighted by atomic mass is 35.5. The number of pyridine rings is 1. The number of aromatic nitrogens is 1. The minimum absolute atomic E-state index is 0.0543. The molecule has 0 atom stereocenters. The predicted molar refractivity (Wildman–Crippen MR) is 125 cm³/mol. The molecule has 0 saturated carbocycles. The fourth-order valence-electron chi connectivity index (χ4n) is 3.54. The van der Waals surface area contributed by atoms with E-state index in [4.69, 9.17) is 16.3 Å². The summed E-state index contributed by atoms with van der Waals surface area (Å²) in [5.41, 5.74) is 0.839. The molecule has 32 heavy (non-hydrogen) atoms. The number of morpholine rings is 1. The van der Waals surface area contributed by atoms with Crippen LogP contribution in [0.4, 0.5) is 4.39 Å². The van der Waals surface area contributed by atoms with E-state index in [1.165, 1.54) is 30.1 Å². The quantitative estimate of drug-likeness (QED) is 0.510. The zero-order valence-electron chi connectivity index (χ0n) is 17.3. The molecular formula is C23H23ClFN3O3S. The Morgan fingerprint density at radius 2 is 1.97 bits per heavy atom. The summed E-state index contributed by atoms with van der Waals surface area (Å²) >= 11 is 7.36. The third kappa shape index (κ3) is 5.50. The lowest BCUT2D eigenvalue weighted by atomic mass is 10.1. The number of H-pyrrole nitrogens is 1. The number of rotatable bonds is 7. The van der Waals surface area contributed by atoms with E-state index in [0.717, 1.165) is 44.2 Å². The van der Waals surface area contributed by atoms with Gasteiger partial charge in [0.05, 0.1) is 24.1 Å². The van der Waals surface area contributed by atoms with Gasteiger partial charge in [0.1, 0.15) is 11.4 Å². The highest BCUT2D eigenvalue weighted by Crippen LogP contribution is 2.27. The zero-order chi connectivity index (χ0) is 22.5. The molecule has 1 fully saturated rings. The lowest BCUT2D eigenvalue weighted by Crippen LogP contribution is -2.37. The number of thioether (sulfide) groups is 1. The van der Waals surface area contributed by atoms with Crippen molar-refractivity contribution in [2.45, 2.75) is 11.4 Å². The number of carbonyl (C=O) groups excluding carboxylic acids is 1. The minimum Gasteiger partial charge on any atom is -0.379 e. The van der Waals surface area contributed by atoms with Gasteiger partial charge in [0.15, 0.2) is 0 Å². The maximum Gasteiger partial charge on any atom is 0.257 e. The van der Waals surface area contributed by atoms with E-state index in [2.05, 4.69) is 15.2 Å². The summed E-state index contributed by atoms with van der Waals surface area (Å²) in [4.78, 5) is 31.5. The summed E-state index contributed by atoms with van der Waals surface area (Å²) in [6.45, 7) is 4.32. The number of nitrogens with zero attached hydrogens (tertiary/aromatic N) is 1. The first-order valence-corrected chi connectivity index (χ1v) is 11.7. The van der Waals surface area contributed by atoms with Crippen LogP contribution in [0.2, 0.25) is 5.02 Å². The van der Waals surface area contributed by atoms with Gasteiger partial charge in [0.25, 0.3) is 5.91 Å². The third-order valence-corrected chi connectivity index (χ3v) is 6.57. The second-order valence-corrected chi connectivity index (χ2v) is 9.04. The van der Waals surface area contributed by atoms with Gasteiger partial charge in [-0.2, -0.15) is 0 Å². The van der Waals surface area contributed by atoms with Crippen LogP contribution in [0.25, 0.3) is 10.9 Å². The van der Waals surface area contributed by atoms with Crippen LogP contribution in [0.5, 0.6) is 0 Å². The van der Waals surface area contributed by atoms with E-state index >= 15 is 0 Å². The van der Waals surface area contributed by atoms with Crippen LogP contribution in [0.1, 0.15) is 15.9 Å². The minimum atomic E-state index is -0.520. The molecule has 1 aromatic heterocycles. The number of hydrogen-bond acceptors (Lipinski definition) is 5. The maximum absolute atomic E-state index is 14.3. The van der Waals surface area contributed by atoms with E-state index in [9.17, 15) is 14.0 Å². The summed E-state index contributed by atoms with van der Waals surface area (Å²) in [7, 11) is 0. The molecule has 2 aromatic carbocycles. The predicted octanol–water partition coefficient (Wildman–Crippen LogP) is 3.67. The number of fused-ring (bicyclic) bond motifs is 1. The molecule has 1 aliphatic heterocycles. The standard InChI is InChI=1S/C23H23ClFN3O3S/c24-16-3-1-15(2-4-16)13-27-23(30)19-14-26-21-18(22(19)29)11-17(25)12-20(21)32-10-7-28-5-8-31-9-6-28/h1-4,11-12,14H,5-10,13H2,(H,26,29)(H,27,30). The number of aromatic amines is 1. The zero-order valence-corrected chi connectivity index (χ0v) is 18.9. The number of nitrogens with one attached hydrogen (secondary N) is 2. The van der Waals surface area contributed by atoms with Crippen LogP contribution in [-0.4, -0.2) is 54.4 Å². The molecule has 168 valence electrons. The van der Waals surface area contributed by atoms with Gasteiger partial charge < -0.3 is 15.0 Å². The highest BCUT2D eigenvalue weighted by molar-refractivity contribution is 7.99.